The van der Waals surface area contributed by atoms with Gasteiger partial charge in [0.15, 0.2) is 11.5 Å². The molecular weight excluding hydrogens is 346 g/mol. The van der Waals surface area contributed by atoms with Crippen LogP contribution in [0.3, 0.4) is 0 Å². The Morgan fingerprint density at radius 2 is 1.71 bits per heavy atom. The lowest BCUT2D eigenvalue weighted by Gasteiger charge is -2.39. The molecule has 2 aliphatic rings. The maximum atomic E-state index is 9.67. The molecule has 5 heteroatoms. The molecule has 0 radical (unpaired) electrons. The molecule has 0 amide bonds. The number of aromatic nitrogens is 2. The molecule has 0 bridgehead atoms. The first-order valence-corrected chi connectivity index (χ1v) is 10.1. The summed E-state index contributed by atoms with van der Waals surface area (Å²) in [5, 5.41) is 9.67. The van der Waals surface area contributed by atoms with Crippen LogP contribution in [0.4, 0.5) is 5.82 Å². The highest BCUT2D eigenvalue weighted by Gasteiger charge is 2.41. The summed E-state index contributed by atoms with van der Waals surface area (Å²) in [4.78, 5) is 9.67. The fourth-order valence-electron chi connectivity index (χ4n) is 4.91. The number of likely N-dealkylation sites (tertiary alicyclic amines) is 1. The highest BCUT2D eigenvalue weighted by atomic mass is 15.2. The number of hydrogen-bond acceptors (Lipinski definition) is 4. The SMILES string of the molecule is N#Cc1c(N2CCC3(CCN(Cc4ccccc4)C3)CC2)nc2ccccn12. The number of rotatable bonds is 3. The number of hydrogen-bond donors (Lipinski definition) is 0. The summed E-state index contributed by atoms with van der Waals surface area (Å²) in [7, 11) is 0. The van der Waals surface area contributed by atoms with Gasteiger partial charge < -0.3 is 4.90 Å². The van der Waals surface area contributed by atoms with Crippen molar-refractivity contribution in [2.24, 2.45) is 5.41 Å². The van der Waals surface area contributed by atoms with Crippen molar-refractivity contribution in [1.82, 2.24) is 14.3 Å². The standard InChI is InChI=1S/C23H25N5/c24-16-20-22(25-21-8-4-5-12-28(20)21)27-14-10-23(11-15-27)9-13-26(18-23)17-19-6-2-1-3-7-19/h1-8,12H,9-11,13-15,17-18H2. The minimum absolute atomic E-state index is 0.428. The third kappa shape index (κ3) is 3.04. The number of piperidine rings is 1. The van der Waals surface area contributed by atoms with Gasteiger partial charge >= 0.3 is 0 Å². The number of anilines is 1. The highest BCUT2D eigenvalue weighted by molar-refractivity contribution is 5.60. The molecule has 1 aromatic carbocycles. The second-order valence-electron chi connectivity index (χ2n) is 8.26. The van der Waals surface area contributed by atoms with E-state index in [1.54, 1.807) is 0 Å². The molecule has 2 aromatic heterocycles. The van der Waals surface area contributed by atoms with Crippen LogP contribution in [-0.4, -0.2) is 40.5 Å². The normalized spacial score (nSPS) is 19.3. The molecule has 2 aliphatic heterocycles. The zero-order valence-electron chi connectivity index (χ0n) is 16.1. The quantitative estimate of drug-likeness (QED) is 0.704. The second kappa shape index (κ2) is 6.96. The fraction of sp³-hybridized carbons (Fsp3) is 0.391. The van der Waals surface area contributed by atoms with Crippen LogP contribution in [-0.2, 0) is 6.54 Å². The smallest absolute Gasteiger partial charge is 0.169 e. The minimum Gasteiger partial charge on any atom is -0.354 e. The average Bonchev–Trinajstić information content (AvgIpc) is 3.30. The zero-order chi connectivity index (χ0) is 19.0. The van der Waals surface area contributed by atoms with E-state index in [2.05, 4.69) is 46.2 Å². The van der Waals surface area contributed by atoms with Crippen molar-refractivity contribution < 1.29 is 0 Å². The first-order chi connectivity index (χ1) is 13.8. The summed E-state index contributed by atoms with van der Waals surface area (Å²) in [6, 6.07) is 19.0. The van der Waals surface area contributed by atoms with Gasteiger partial charge in [0.05, 0.1) is 0 Å². The summed E-state index contributed by atoms with van der Waals surface area (Å²) < 4.78 is 1.90. The lowest BCUT2D eigenvalue weighted by molar-refractivity contribution is 0.206. The average molecular weight is 371 g/mol. The predicted molar refractivity (Wildman–Crippen MR) is 110 cm³/mol. The molecule has 5 rings (SSSR count). The Bertz CT molecular complexity index is 1010. The van der Waals surface area contributed by atoms with Gasteiger partial charge in [0.25, 0.3) is 0 Å². The minimum atomic E-state index is 0.428. The molecule has 4 heterocycles. The molecule has 3 aromatic rings. The van der Waals surface area contributed by atoms with Crippen LogP contribution in [0.2, 0.25) is 0 Å². The largest absolute Gasteiger partial charge is 0.354 e. The topological polar surface area (TPSA) is 47.6 Å². The Morgan fingerprint density at radius 1 is 0.964 bits per heavy atom. The van der Waals surface area contributed by atoms with E-state index in [0.29, 0.717) is 11.1 Å². The molecule has 5 nitrogen and oxygen atoms in total. The number of pyridine rings is 1. The molecule has 0 unspecified atom stereocenters. The van der Waals surface area contributed by atoms with Crippen LogP contribution in [0, 0.1) is 16.7 Å². The molecule has 0 N–H and O–H groups in total. The van der Waals surface area contributed by atoms with Crippen molar-refractivity contribution in [3.8, 4) is 6.07 Å². The maximum absolute atomic E-state index is 9.67. The molecular formula is C23H25N5. The molecule has 28 heavy (non-hydrogen) atoms. The lowest BCUT2D eigenvalue weighted by Crippen LogP contribution is -2.42. The number of nitriles is 1. The number of fused-ring (bicyclic) bond motifs is 1. The van der Waals surface area contributed by atoms with E-state index in [1.165, 1.54) is 37.9 Å². The second-order valence-corrected chi connectivity index (χ2v) is 8.26. The Morgan fingerprint density at radius 3 is 2.50 bits per heavy atom. The summed E-state index contributed by atoms with van der Waals surface area (Å²) in [5.41, 5.74) is 3.34. The van der Waals surface area contributed by atoms with Gasteiger partial charge in [0.2, 0.25) is 0 Å². The summed E-state index contributed by atoms with van der Waals surface area (Å²) in [6.07, 6.45) is 5.56. The number of benzene rings is 1. The van der Waals surface area contributed by atoms with Crippen molar-refractivity contribution in [1.29, 1.82) is 5.26 Å². The van der Waals surface area contributed by atoms with Crippen molar-refractivity contribution in [2.75, 3.05) is 31.1 Å². The van der Waals surface area contributed by atoms with Gasteiger partial charge in [-0.15, -0.1) is 0 Å². The fourth-order valence-corrected chi connectivity index (χ4v) is 4.91. The molecule has 2 fully saturated rings. The van der Waals surface area contributed by atoms with E-state index in [1.807, 2.05) is 28.8 Å². The molecule has 2 saturated heterocycles. The first kappa shape index (κ1) is 17.3. The Labute approximate surface area is 165 Å². The molecule has 142 valence electrons. The lowest BCUT2D eigenvalue weighted by atomic mass is 9.78. The zero-order valence-corrected chi connectivity index (χ0v) is 16.1. The number of nitrogens with zero attached hydrogens (tertiary/aromatic N) is 5. The molecule has 0 aliphatic carbocycles. The maximum Gasteiger partial charge on any atom is 0.169 e. The summed E-state index contributed by atoms with van der Waals surface area (Å²) in [6.45, 7) is 5.39. The van der Waals surface area contributed by atoms with Gasteiger partial charge in [0, 0.05) is 32.4 Å². The Kier molecular flexibility index (Phi) is 4.29. The van der Waals surface area contributed by atoms with Crippen LogP contribution >= 0.6 is 0 Å². The summed E-state index contributed by atoms with van der Waals surface area (Å²) in [5.74, 6) is 0.850. The van der Waals surface area contributed by atoms with Crippen LogP contribution < -0.4 is 4.90 Å². The van der Waals surface area contributed by atoms with Crippen LogP contribution in [0.15, 0.2) is 54.7 Å². The van der Waals surface area contributed by atoms with Crippen molar-refractivity contribution >= 4 is 11.5 Å². The van der Waals surface area contributed by atoms with E-state index in [-0.39, 0.29) is 0 Å². The van der Waals surface area contributed by atoms with E-state index < -0.39 is 0 Å². The predicted octanol–water partition coefficient (Wildman–Crippen LogP) is 3.70. The van der Waals surface area contributed by atoms with E-state index in [9.17, 15) is 5.26 Å². The van der Waals surface area contributed by atoms with Gasteiger partial charge in [-0.1, -0.05) is 36.4 Å². The molecule has 1 spiro atoms. The van der Waals surface area contributed by atoms with Crippen LogP contribution in [0.5, 0.6) is 0 Å². The molecule has 0 saturated carbocycles. The first-order valence-electron chi connectivity index (χ1n) is 10.1. The van der Waals surface area contributed by atoms with E-state index >= 15 is 0 Å². The Balaban J connectivity index is 1.28. The van der Waals surface area contributed by atoms with Crippen LogP contribution in [0.1, 0.15) is 30.5 Å². The van der Waals surface area contributed by atoms with E-state index in [0.717, 1.165) is 31.1 Å². The van der Waals surface area contributed by atoms with Gasteiger partial charge in [-0.3, -0.25) is 9.30 Å². The van der Waals surface area contributed by atoms with Gasteiger partial charge in [-0.05, 0) is 48.9 Å². The van der Waals surface area contributed by atoms with Gasteiger partial charge in [-0.2, -0.15) is 5.26 Å². The van der Waals surface area contributed by atoms with Crippen LogP contribution in [0.25, 0.3) is 5.65 Å². The summed E-state index contributed by atoms with van der Waals surface area (Å²) >= 11 is 0. The monoisotopic (exact) mass is 371 g/mol. The number of imidazole rings is 1. The third-order valence-corrected chi connectivity index (χ3v) is 6.51. The van der Waals surface area contributed by atoms with E-state index in [4.69, 9.17) is 4.98 Å². The highest BCUT2D eigenvalue weighted by Crippen LogP contribution is 2.42. The van der Waals surface area contributed by atoms with Crippen molar-refractivity contribution in [3.05, 3.63) is 66.0 Å². The third-order valence-electron chi connectivity index (χ3n) is 6.51. The molecule has 0 atom stereocenters. The van der Waals surface area contributed by atoms with Gasteiger partial charge in [-0.25, -0.2) is 4.98 Å². The van der Waals surface area contributed by atoms with Gasteiger partial charge in [0.1, 0.15) is 11.7 Å². The van der Waals surface area contributed by atoms with Crippen molar-refractivity contribution in [3.63, 3.8) is 0 Å². The Hall–Kier alpha value is -2.84. The van der Waals surface area contributed by atoms with Crippen molar-refractivity contribution in [2.45, 2.75) is 25.8 Å².